The predicted octanol–water partition coefficient (Wildman–Crippen LogP) is 8.48. The van der Waals surface area contributed by atoms with Crippen LogP contribution in [-0.2, 0) is 0 Å². The Morgan fingerprint density at radius 3 is 2.27 bits per heavy atom. The number of fused-ring (bicyclic) bond motifs is 11. The number of amides is 1. The SMILES string of the molecule is O=C1c2c(ccc3c2c2ccccc2n3-c2ccccc2)-c2ccc3c4ccccc4n4c3c2[N+]1=C1C=CC=CC14. The molecule has 3 aliphatic rings. The van der Waals surface area contributed by atoms with Gasteiger partial charge in [-0.05, 0) is 36.4 Å². The van der Waals surface area contributed by atoms with Crippen LogP contribution in [-0.4, -0.2) is 25.3 Å². The Morgan fingerprint density at radius 1 is 0.634 bits per heavy atom. The van der Waals surface area contributed by atoms with Gasteiger partial charge in [0.15, 0.2) is 0 Å². The molecule has 190 valence electrons. The van der Waals surface area contributed by atoms with Gasteiger partial charge in [0.1, 0.15) is 17.1 Å². The monoisotopic (exact) mass is 524 g/mol. The van der Waals surface area contributed by atoms with Crippen molar-refractivity contribution < 1.29 is 9.37 Å². The first-order valence-corrected chi connectivity index (χ1v) is 14.0. The van der Waals surface area contributed by atoms with E-state index in [2.05, 4.69) is 124 Å². The maximum absolute atomic E-state index is 15.0. The summed E-state index contributed by atoms with van der Waals surface area (Å²) in [5, 5.41) is 4.50. The molecule has 1 aliphatic carbocycles. The summed E-state index contributed by atoms with van der Waals surface area (Å²) >= 11 is 0. The molecule has 10 rings (SSSR count). The molecule has 2 aliphatic heterocycles. The number of benzene rings is 5. The minimum Gasteiger partial charge on any atom is -0.318 e. The van der Waals surface area contributed by atoms with Crippen molar-refractivity contribution in [1.29, 1.82) is 0 Å². The van der Waals surface area contributed by atoms with Crippen LogP contribution in [0.2, 0.25) is 0 Å². The third kappa shape index (κ3) is 2.47. The zero-order valence-electron chi connectivity index (χ0n) is 22.0. The molecule has 4 heterocycles. The molecule has 1 unspecified atom stereocenters. The molecule has 4 nitrogen and oxygen atoms in total. The Bertz CT molecular complexity index is 2430. The van der Waals surface area contributed by atoms with E-state index in [4.69, 9.17) is 0 Å². The summed E-state index contributed by atoms with van der Waals surface area (Å²) in [6.07, 6.45) is 8.47. The molecule has 1 atom stereocenters. The maximum Gasteiger partial charge on any atom is 0.426 e. The maximum atomic E-state index is 15.0. The number of allylic oxidation sites excluding steroid dienone is 4. The third-order valence-electron chi connectivity index (χ3n) is 9.14. The van der Waals surface area contributed by atoms with Gasteiger partial charge in [-0.1, -0.05) is 85.0 Å². The average molecular weight is 525 g/mol. The van der Waals surface area contributed by atoms with Crippen molar-refractivity contribution >= 4 is 60.9 Å². The molecule has 41 heavy (non-hydrogen) atoms. The third-order valence-corrected chi connectivity index (χ3v) is 9.14. The number of nitrogens with zero attached hydrogens (tertiary/aromatic N) is 3. The molecule has 0 saturated heterocycles. The van der Waals surface area contributed by atoms with E-state index in [1.54, 1.807) is 0 Å². The van der Waals surface area contributed by atoms with Crippen molar-refractivity contribution in [2.45, 2.75) is 6.04 Å². The van der Waals surface area contributed by atoms with E-state index in [1.165, 1.54) is 16.3 Å². The first kappa shape index (κ1) is 21.4. The lowest BCUT2D eigenvalue weighted by Gasteiger charge is -2.27. The van der Waals surface area contributed by atoms with Crippen LogP contribution in [0.4, 0.5) is 5.69 Å². The van der Waals surface area contributed by atoms with Crippen LogP contribution in [0.1, 0.15) is 16.4 Å². The number of aromatic nitrogens is 2. The fourth-order valence-electron chi connectivity index (χ4n) is 7.57. The van der Waals surface area contributed by atoms with Crippen molar-refractivity contribution in [3.8, 4) is 16.8 Å². The van der Waals surface area contributed by atoms with Gasteiger partial charge < -0.3 is 9.13 Å². The quantitative estimate of drug-likeness (QED) is 0.198. The van der Waals surface area contributed by atoms with Gasteiger partial charge in [0.05, 0.1) is 22.1 Å². The standard InChI is InChI=1S/C37H22N3O/c41-37-34-24(20-21-32-33(34)27-13-5-7-15-29(27)38(32)22-10-2-1-3-11-22)26-19-18-25-23-12-4-6-14-28(23)39-30-16-8-9-17-31(30)40(37)36(26)35(25)39/h1-21,30H/q+1. The Kier molecular flexibility index (Phi) is 3.84. The minimum absolute atomic E-state index is 0.0398. The predicted molar refractivity (Wildman–Crippen MR) is 166 cm³/mol. The van der Waals surface area contributed by atoms with E-state index >= 15 is 0 Å². The summed E-state index contributed by atoms with van der Waals surface area (Å²) in [5.41, 5.74) is 10.4. The van der Waals surface area contributed by atoms with Gasteiger partial charge in [-0.2, -0.15) is 0 Å². The van der Waals surface area contributed by atoms with E-state index in [1.807, 2.05) is 16.7 Å². The van der Waals surface area contributed by atoms with Crippen LogP contribution in [0.5, 0.6) is 0 Å². The zero-order chi connectivity index (χ0) is 26.8. The highest BCUT2D eigenvalue weighted by atomic mass is 16.2. The van der Waals surface area contributed by atoms with E-state index in [9.17, 15) is 4.79 Å². The number of hydrogen-bond acceptors (Lipinski definition) is 1. The second-order valence-electron chi connectivity index (χ2n) is 11.1. The molecule has 5 aromatic carbocycles. The van der Waals surface area contributed by atoms with Gasteiger partial charge in [-0.25, -0.2) is 4.79 Å². The second kappa shape index (κ2) is 7.38. The van der Waals surface area contributed by atoms with Crippen LogP contribution in [0.25, 0.3) is 60.4 Å². The normalized spacial score (nSPS) is 16.8. The highest BCUT2D eigenvalue weighted by Gasteiger charge is 2.46. The van der Waals surface area contributed by atoms with Gasteiger partial charge in [0, 0.05) is 38.9 Å². The molecule has 0 spiro atoms. The lowest BCUT2D eigenvalue weighted by Crippen LogP contribution is -2.36. The summed E-state index contributed by atoms with van der Waals surface area (Å²) in [7, 11) is 0. The number of carbonyl (C=O) groups is 1. The van der Waals surface area contributed by atoms with Crippen LogP contribution < -0.4 is 0 Å². The Labute approximate surface area is 235 Å². The number of hydrogen-bond donors (Lipinski definition) is 0. The Balaban J connectivity index is 1.41. The van der Waals surface area contributed by atoms with Gasteiger partial charge in [0.25, 0.3) is 0 Å². The molecular weight excluding hydrogens is 502 g/mol. The fraction of sp³-hybridized carbons (Fsp3) is 0.0270. The first-order chi connectivity index (χ1) is 20.3. The molecule has 4 heteroatoms. The topological polar surface area (TPSA) is 29.9 Å². The Hall–Kier alpha value is -5.48. The molecule has 2 aromatic heterocycles. The number of rotatable bonds is 1. The molecule has 7 aromatic rings. The van der Waals surface area contributed by atoms with E-state index in [0.717, 1.165) is 61.1 Å². The van der Waals surface area contributed by atoms with Crippen molar-refractivity contribution in [3.05, 3.63) is 133 Å². The van der Waals surface area contributed by atoms with Crippen molar-refractivity contribution in [3.63, 3.8) is 0 Å². The summed E-state index contributed by atoms with van der Waals surface area (Å²) in [6, 6.07) is 36.2. The van der Waals surface area contributed by atoms with Gasteiger partial charge >= 0.3 is 5.91 Å². The first-order valence-electron chi connectivity index (χ1n) is 14.0. The van der Waals surface area contributed by atoms with Crippen molar-refractivity contribution in [1.82, 2.24) is 9.13 Å². The molecule has 0 N–H and O–H groups in total. The average Bonchev–Trinajstić information content (AvgIpc) is 3.55. The summed E-state index contributed by atoms with van der Waals surface area (Å²) < 4.78 is 6.72. The van der Waals surface area contributed by atoms with Crippen molar-refractivity contribution in [2.75, 3.05) is 0 Å². The fourth-order valence-corrected chi connectivity index (χ4v) is 7.57. The lowest BCUT2D eigenvalue weighted by atomic mass is 9.87. The van der Waals surface area contributed by atoms with Crippen LogP contribution in [0.3, 0.4) is 0 Å². The van der Waals surface area contributed by atoms with Crippen molar-refractivity contribution in [2.24, 2.45) is 0 Å². The van der Waals surface area contributed by atoms with Crippen LogP contribution in [0.15, 0.2) is 127 Å². The lowest BCUT2D eigenvalue weighted by molar-refractivity contribution is -0.337. The zero-order valence-corrected chi connectivity index (χ0v) is 22.0. The van der Waals surface area contributed by atoms with Gasteiger partial charge in [-0.15, -0.1) is 4.58 Å². The summed E-state index contributed by atoms with van der Waals surface area (Å²) in [6.45, 7) is 0. The Morgan fingerprint density at radius 2 is 1.39 bits per heavy atom. The van der Waals surface area contributed by atoms with Gasteiger partial charge in [-0.3, -0.25) is 0 Å². The second-order valence-corrected chi connectivity index (χ2v) is 11.1. The molecule has 0 fully saturated rings. The highest BCUT2D eigenvalue weighted by molar-refractivity contribution is 6.26. The summed E-state index contributed by atoms with van der Waals surface area (Å²) in [5.74, 6) is 0.0398. The minimum atomic E-state index is -0.0551. The molecule has 0 saturated carbocycles. The van der Waals surface area contributed by atoms with Crippen LogP contribution in [0, 0.1) is 0 Å². The largest absolute Gasteiger partial charge is 0.426 e. The number of para-hydroxylation sites is 3. The van der Waals surface area contributed by atoms with E-state index in [-0.39, 0.29) is 11.9 Å². The smallest absolute Gasteiger partial charge is 0.318 e. The highest BCUT2D eigenvalue weighted by Crippen LogP contribution is 2.51. The molecule has 1 amide bonds. The molecule has 0 bridgehead atoms. The molecule has 0 radical (unpaired) electrons. The summed E-state index contributed by atoms with van der Waals surface area (Å²) in [4.78, 5) is 15.0. The molecular formula is C37H22N3O+. The number of carbonyl (C=O) groups excluding carboxylic acids is 1. The van der Waals surface area contributed by atoms with E-state index in [0.29, 0.717) is 0 Å². The van der Waals surface area contributed by atoms with Gasteiger partial charge in [0.2, 0.25) is 11.4 Å². The van der Waals surface area contributed by atoms with E-state index < -0.39 is 0 Å². The van der Waals surface area contributed by atoms with Crippen LogP contribution >= 0.6 is 0 Å².